The van der Waals surface area contributed by atoms with Crippen molar-refractivity contribution >= 4 is 22.6 Å². The molecule has 0 aromatic heterocycles. The van der Waals surface area contributed by atoms with Crippen molar-refractivity contribution in [3.8, 4) is 0 Å². The molecule has 0 saturated carbocycles. The molecule has 0 aliphatic heterocycles. The second-order valence-electron chi connectivity index (χ2n) is 3.85. The van der Waals surface area contributed by atoms with Crippen molar-refractivity contribution in [2.45, 2.75) is 6.42 Å². The highest BCUT2D eigenvalue weighted by atomic mass is 16.1. The molecule has 0 heterocycles. The van der Waals surface area contributed by atoms with Crippen LogP contribution in [-0.4, -0.2) is 5.78 Å². The van der Waals surface area contributed by atoms with Crippen LogP contribution in [0.1, 0.15) is 17.5 Å². The molecule has 0 atom stereocenters. The van der Waals surface area contributed by atoms with Gasteiger partial charge in [0.2, 0.25) is 5.78 Å². The molecular formula is C12H10N2O. The Morgan fingerprint density at radius 1 is 1.13 bits per heavy atom. The predicted molar refractivity (Wildman–Crippen MR) is 59.6 cm³/mol. The SMILES string of the molecule is NC1=CCC2=C(C1=O)c1cc(N)ccc12. The maximum atomic E-state index is 11.8. The van der Waals surface area contributed by atoms with Crippen molar-refractivity contribution in [2.75, 3.05) is 5.73 Å². The van der Waals surface area contributed by atoms with Gasteiger partial charge < -0.3 is 11.5 Å². The van der Waals surface area contributed by atoms with Crippen LogP contribution in [0.5, 0.6) is 0 Å². The molecule has 1 aromatic carbocycles. The number of Topliss-reactive ketones (excluding diaryl/α,β-unsaturated/α-hetero) is 1. The molecule has 0 bridgehead atoms. The molecular weight excluding hydrogens is 188 g/mol. The second kappa shape index (κ2) is 2.51. The van der Waals surface area contributed by atoms with Crippen molar-refractivity contribution in [2.24, 2.45) is 5.73 Å². The van der Waals surface area contributed by atoms with Crippen molar-refractivity contribution in [1.29, 1.82) is 0 Å². The monoisotopic (exact) mass is 198 g/mol. The van der Waals surface area contributed by atoms with E-state index in [-0.39, 0.29) is 5.78 Å². The number of carbonyl (C=O) groups is 1. The molecule has 3 rings (SSSR count). The summed E-state index contributed by atoms with van der Waals surface area (Å²) in [5.74, 6) is -0.0608. The largest absolute Gasteiger partial charge is 0.399 e. The lowest BCUT2D eigenvalue weighted by atomic mass is 9.74. The van der Waals surface area contributed by atoms with Gasteiger partial charge in [-0.2, -0.15) is 0 Å². The Kier molecular flexibility index (Phi) is 1.39. The lowest BCUT2D eigenvalue weighted by Crippen LogP contribution is -2.23. The van der Waals surface area contributed by atoms with E-state index in [0.717, 1.165) is 28.7 Å². The third-order valence-electron chi connectivity index (χ3n) is 2.96. The van der Waals surface area contributed by atoms with Crippen LogP contribution in [0.15, 0.2) is 30.0 Å². The third kappa shape index (κ3) is 0.920. The zero-order valence-electron chi connectivity index (χ0n) is 8.08. The Morgan fingerprint density at radius 2 is 1.93 bits per heavy atom. The fourth-order valence-corrected chi connectivity index (χ4v) is 2.19. The van der Waals surface area contributed by atoms with Crippen molar-refractivity contribution < 1.29 is 4.79 Å². The van der Waals surface area contributed by atoms with Gasteiger partial charge in [-0.1, -0.05) is 12.1 Å². The summed E-state index contributed by atoms with van der Waals surface area (Å²) in [6, 6.07) is 5.66. The predicted octanol–water partition coefficient (Wildman–Crippen LogP) is 1.31. The smallest absolute Gasteiger partial charge is 0.209 e. The first kappa shape index (κ1) is 8.29. The van der Waals surface area contributed by atoms with Gasteiger partial charge >= 0.3 is 0 Å². The van der Waals surface area contributed by atoms with E-state index in [2.05, 4.69) is 0 Å². The quantitative estimate of drug-likeness (QED) is 0.617. The Labute approximate surface area is 87.1 Å². The van der Waals surface area contributed by atoms with Crippen LogP contribution in [-0.2, 0) is 4.79 Å². The molecule has 15 heavy (non-hydrogen) atoms. The molecule has 3 heteroatoms. The molecule has 0 radical (unpaired) electrons. The van der Waals surface area contributed by atoms with E-state index in [1.54, 1.807) is 6.08 Å². The standard InChI is InChI=1S/C12H10N2O/c13-6-1-2-7-8-3-4-10(14)12(15)11(8)9(7)5-6/h1-2,4-5H,3,13-14H2. The molecule has 0 spiro atoms. The Morgan fingerprint density at radius 3 is 2.73 bits per heavy atom. The minimum atomic E-state index is -0.0608. The van der Waals surface area contributed by atoms with Crippen molar-refractivity contribution in [3.05, 3.63) is 41.1 Å². The number of fused-ring (bicyclic) bond motifs is 3. The van der Waals surface area contributed by atoms with E-state index in [9.17, 15) is 4.79 Å². The van der Waals surface area contributed by atoms with Crippen LogP contribution in [0.4, 0.5) is 5.69 Å². The Bertz CT molecular complexity index is 553. The van der Waals surface area contributed by atoms with E-state index >= 15 is 0 Å². The molecule has 1 aromatic rings. The number of allylic oxidation sites excluding steroid dienone is 3. The van der Waals surface area contributed by atoms with Gasteiger partial charge in [-0.25, -0.2) is 0 Å². The summed E-state index contributed by atoms with van der Waals surface area (Å²) in [6.45, 7) is 0. The number of anilines is 1. The van der Waals surface area contributed by atoms with Gasteiger partial charge in [0.1, 0.15) is 0 Å². The number of nitrogen functional groups attached to an aromatic ring is 1. The summed E-state index contributed by atoms with van der Waals surface area (Å²) in [7, 11) is 0. The van der Waals surface area contributed by atoms with E-state index in [0.29, 0.717) is 11.4 Å². The maximum Gasteiger partial charge on any atom is 0.209 e. The maximum absolute atomic E-state index is 11.8. The van der Waals surface area contributed by atoms with Gasteiger partial charge in [0.25, 0.3) is 0 Å². The molecule has 2 aliphatic carbocycles. The average molecular weight is 198 g/mol. The number of benzene rings is 1. The second-order valence-corrected chi connectivity index (χ2v) is 3.85. The molecule has 4 N–H and O–H groups in total. The van der Waals surface area contributed by atoms with E-state index in [1.807, 2.05) is 18.2 Å². The van der Waals surface area contributed by atoms with Gasteiger partial charge in [0.05, 0.1) is 5.70 Å². The van der Waals surface area contributed by atoms with Gasteiger partial charge in [-0.3, -0.25) is 4.79 Å². The number of nitrogens with two attached hydrogens (primary N) is 2. The zero-order chi connectivity index (χ0) is 10.6. The third-order valence-corrected chi connectivity index (χ3v) is 2.96. The van der Waals surface area contributed by atoms with E-state index < -0.39 is 0 Å². The number of hydrogen-bond acceptors (Lipinski definition) is 3. The summed E-state index contributed by atoms with van der Waals surface area (Å²) < 4.78 is 0. The van der Waals surface area contributed by atoms with E-state index in [1.165, 1.54) is 0 Å². The van der Waals surface area contributed by atoms with Gasteiger partial charge in [0.15, 0.2) is 0 Å². The lowest BCUT2D eigenvalue weighted by Gasteiger charge is -2.29. The number of rotatable bonds is 0. The molecule has 2 aliphatic rings. The van der Waals surface area contributed by atoms with E-state index in [4.69, 9.17) is 11.5 Å². The summed E-state index contributed by atoms with van der Waals surface area (Å²) in [5.41, 5.74) is 16.3. The lowest BCUT2D eigenvalue weighted by molar-refractivity contribution is -0.110. The van der Waals surface area contributed by atoms with Gasteiger partial charge in [-0.15, -0.1) is 0 Å². The highest BCUT2D eigenvalue weighted by molar-refractivity contribution is 6.40. The van der Waals surface area contributed by atoms with Gasteiger partial charge in [0, 0.05) is 11.3 Å². The number of carbonyl (C=O) groups excluding carboxylic acids is 1. The first-order valence-electron chi connectivity index (χ1n) is 4.82. The van der Waals surface area contributed by atoms with Gasteiger partial charge in [-0.05, 0) is 35.3 Å². The normalized spacial score (nSPS) is 17.9. The van der Waals surface area contributed by atoms with Crippen LogP contribution in [0, 0.1) is 0 Å². The van der Waals surface area contributed by atoms with Crippen molar-refractivity contribution in [3.63, 3.8) is 0 Å². The molecule has 0 saturated heterocycles. The Hall–Kier alpha value is -2.03. The topological polar surface area (TPSA) is 69.1 Å². The highest BCUT2D eigenvalue weighted by Gasteiger charge is 2.33. The van der Waals surface area contributed by atoms with Crippen LogP contribution >= 0.6 is 0 Å². The minimum absolute atomic E-state index is 0.0608. The summed E-state index contributed by atoms with van der Waals surface area (Å²) in [6.07, 6.45) is 2.53. The molecule has 74 valence electrons. The van der Waals surface area contributed by atoms with Crippen LogP contribution in [0.25, 0.3) is 11.1 Å². The first-order valence-corrected chi connectivity index (χ1v) is 4.82. The van der Waals surface area contributed by atoms with Crippen molar-refractivity contribution in [1.82, 2.24) is 0 Å². The minimum Gasteiger partial charge on any atom is -0.399 e. The summed E-state index contributed by atoms with van der Waals surface area (Å²) >= 11 is 0. The molecule has 0 fully saturated rings. The summed E-state index contributed by atoms with van der Waals surface area (Å²) in [4.78, 5) is 11.8. The zero-order valence-corrected chi connectivity index (χ0v) is 8.08. The highest BCUT2D eigenvalue weighted by Crippen LogP contribution is 2.46. The van der Waals surface area contributed by atoms with Crippen LogP contribution in [0.3, 0.4) is 0 Å². The average Bonchev–Trinajstić information content (AvgIpc) is 2.19. The summed E-state index contributed by atoms with van der Waals surface area (Å²) in [5, 5.41) is 0. The fourth-order valence-electron chi connectivity index (χ4n) is 2.19. The molecule has 0 amide bonds. The Balaban J connectivity index is 2.15. The molecule has 3 nitrogen and oxygen atoms in total. The fraction of sp³-hybridized carbons (Fsp3) is 0.0833. The number of hydrogen-bond donors (Lipinski definition) is 2. The number of ketones is 1. The first-order chi connectivity index (χ1) is 7.18. The van der Waals surface area contributed by atoms with Crippen LogP contribution < -0.4 is 11.5 Å². The van der Waals surface area contributed by atoms with Crippen LogP contribution in [0.2, 0.25) is 0 Å². The molecule has 0 unspecified atom stereocenters.